The summed E-state index contributed by atoms with van der Waals surface area (Å²) in [5, 5.41) is -1.24. The summed E-state index contributed by atoms with van der Waals surface area (Å²) in [4.78, 5) is 17.6. The Bertz CT molecular complexity index is 629. The quantitative estimate of drug-likeness (QED) is 0.802. The molecule has 0 saturated carbocycles. The van der Waals surface area contributed by atoms with Crippen molar-refractivity contribution in [3.8, 4) is 5.75 Å². The molecule has 130 valence electrons. The molecule has 0 aliphatic heterocycles. The van der Waals surface area contributed by atoms with E-state index >= 15 is 0 Å². The molecule has 0 fully saturated rings. The Morgan fingerprint density at radius 2 is 1.65 bits per heavy atom. The summed E-state index contributed by atoms with van der Waals surface area (Å²) in [5.74, 6) is -0.540. The highest BCUT2D eigenvalue weighted by Crippen LogP contribution is 2.24. The summed E-state index contributed by atoms with van der Waals surface area (Å²) in [5.41, 5.74) is 1.65. The Morgan fingerprint density at radius 3 is 2.04 bits per heavy atom. The van der Waals surface area contributed by atoms with Crippen LogP contribution in [0.5, 0.6) is 5.75 Å². The minimum atomic E-state index is -3.84. The van der Waals surface area contributed by atoms with Gasteiger partial charge >= 0.3 is 0 Å². The van der Waals surface area contributed by atoms with E-state index in [4.69, 9.17) is 9.57 Å². The van der Waals surface area contributed by atoms with Gasteiger partial charge in [0.25, 0.3) is 5.91 Å². The molecule has 1 aromatic carbocycles. The van der Waals surface area contributed by atoms with Crippen molar-refractivity contribution in [2.45, 2.75) is 50.4 Å². The van der Waals surface area contributed by atoms with Gasteiger partial charge in [0.15, 0.2) is 9.84 Å². The maximum atomic E-state index is 12.8. The molecule has 7 heteroatoms. The summed E-state index contributed by atoms with van der Waals surface area (Å²) in [6, 6.07) is 5.96. The van der Waals surface area contributed by atoms with Crippen molar-refractivity contribution >= 4 is 15.7 Å². The van der Waals surface area contributed by atoms with Crippen LogP contribution in [0.1, 0.15) is 34.6 Å². The molecule has 1 aromatic rings. The maximum Gasteiger partial charge on any atom is 0.262 e. The van der Waals surface area contributed by atoms with E-state index < -0.39 is 32.5 Å². The van der Waals surface area contributed by atoms with Crippen LogP contribution in [-0.2, 0) is 19.5 Å². The van der Waals surface area contributed by atoms with Gasteiger partial charge in [0, 0.05) is 0 Å². The number of hydroxylamine groups is 1. The lowest BCUT2D eigenvalue weighted by Gasteiger charge is -2.24. The molecule has 0 heterocycles. The van der Waals surface area contributed by atoms with E-state index in [1.54, 1.807) is 46.8 Å². The van der Waals surface area contributed by atoms with Crippen molar-refractivity contribution in [3.63, 3.8) is 0 Å². The van der Waals surface area contributed by atoms with Gasteiger partial charge in [-0.15, -0.1) is 0 Å². The number of amides is 1. The molecule has 0 saturated heterocycles. The van der Waals surface area contributed by atoms with Crippen LogP contribution in [0.25, 0.3) is 0 Å². The molecular weight excluding hydrogens is 318 g/mol. The van der Waals surface area contributed by atoms with Gasteiger partial charge in [-0.05, 0) is 51.0 Å². The number of rotatable bonds is 6. The lowest BCUT2D eigenvalue weighted by molar-refractivity contribution is -0.145. The van der Waals surface area contributed by atoms with Crippen molar-refractivity contribution in [3.05, 3.63) is 24.3 Å². The number of sulfone groups is 1. The van der Waals surface area contributed by atoms with E-state index in [-0.39, 0.29) is 4.90 Å². The fourth-order valence-corrected chi connectivity index (χ4v) is 3.83. The number of ether oxygens (including phenoxy) is 1. The number of methoxy groups -OCH3 is 1. The van der Waals surface area contributed by atoms with Crippen molar-refractivity contribution < 1.29 is 22.8 Å². The topological polar surface area (TPSA) is 81.7 Å². The first-order valence-corrected chi connectivity index (χ1v) is 8.89. The van der Waals surface area contributed by atoms with E-state index in [1.807, 2.05) is 0 Å². The molecule has 0 spiro atoms. The third kappa shape index (κ3) is 5.21. The number of benzene rings is 1. The fourth-order valence-electron chi connectivity index (χ4n) is 1.98. The number of hydrogen-bond acceptors (Lipinski definition) is 5. The van der Waals surface area contributed by atoms with E-state index in [0.29, 0.717) is 5.75 Å². The molecule has 1 unspecified atom stereocenters. The van der Waals surface area contributed by atoms with Crippen LogP contribution in [-0.4, -0.2) is 32.3 Å². The highest BCUT2D eigenvalue weighted by molar-refractivity contribution is 7.92. The highest BCUT2D eigenvalue weighted by atomic mass is 32.2. The molecule has 6 nitrogen and oxygen atoms in total. The second kappa shape index (κ2) is 7.31. The zero-order valence-electron chi connectivity index (χ0n) is 14.4. The van der Waals surface area contributed by atoms with E-state index in [0.717, 1.165) is 0 Å². The summed E-state index contributed by atoms with van der Waals surface area (Å²) in [6.45, 7) is 8.64. The molecule has 1 rings (SSSR count). The molecule has 23 heavy (non-hydrogen) atoms. The number of carbonyl (C=O) groups excluding carboxylic acids is 1. The lowest BCUT2D eigenvalue weighted by Crippen LogP contribution is -2.45. The minimum absolute atomic E-state index is 0.0721. The smallest absolute Gasteiger partial charge is 0.262 e. The van der Waals surface area contributed by atoms with Gasteiger partial charge in [-0.25, -0.2) is 13.9 Å². The van der Waals surface area contributed by atoms with Gasteiger partial charge in [0.2, 0.25) is 0 Å². The zero-order chi connectivity index (χ0) is 17.8. The summed E-state index contributed by atoms with van der Waals surface area (Å²) in [6.07, 6.45) is 0. The molecule has 1 amide bonds. The first kappa shape index (κ1) is 19.4. The molecule has 0 aromatic heterocycles. The Balaban J connectivity index is 3.09. The van der Waals surface area contributed by atoms with Crippen LogP contribution in [0.15, 0.2) is 29.2 Å². The normalized spacial score (nSPS) is 13.7. The van der Waals surface area contributed by atoms with Crippen molar-refractivity contribution in [2.24, 2.45) is 5.92 Å². The molecule has 1 atom stereocenters. The summed E-state index contributed by atoms with van der Waals surface area (Å²) < 4.78 is 30.6. The molecule has 1 N–H and O–H groups in total. The van der Waals surface area contributed by atoms with E-state index in [1.165, 1.54) is 19.2 Å². The first-order chi connectivity index (χ1) is 10.5. The third-order valence-corrected chi connectivity index (χ3v) is 5.40. The number of carbonyl (C=O) groups is 1. The van der Waals surface area contributed by atoms with Gasteiger partial charge < -0.3 is 4.74 Å². The molecule has 0 radical (unpaired) electrons. The molecule has 0 aliphatic carbocycles. The van der Waals surface area contributed by atoms with E-state index in [9.17, 15) is 13.2 Å². The SMILES string of the molecule is COc1ccc(S(=O)(=O)C(C(=O)NOC(C)(C)C)C(C)C)cc1. The second-order valence-corrected chi connectivity index (χ2v) is 8.64. The van der Waals surface area contributed by atoms with Crippen molar-refractivity contribution in [1.82, 2.24) is 5.48 Å². The standard InChI is InChI=1S/C16H25NO5S/c1-11(2)14(15(18)17-22-16(3,4)5)23(19,20)13-9-7-12(21-6)8-10-13/h7-11,14H,1-6H3,(H,17,18). The first-order valence-electron chi connectivity index (χ1n) is 7.35. The van der Waals surface area contributed by atoms with Crippen LogP contribution >= 0.6 is 0 Å². The predicted octanol–water partition coefficient (Wildman–Crippen LogP) is 2.34. The minimum Gasteiger partial charge on any atom is -0.497 e. The Hall–Kier alpha value is -1.60. The number of hydrogen-bond donors (Lipinski definition) is 1. The molecule has 0 aliphatic rings. The van der Waals surface area contributed by atoms with Crippen LogP contribution in [0, 0.1) is 5.92 Å². The van der Waals surface area contributed by atoms with Gasteiger partial charge in [-0.2, -0.15) is 0 Å². The molecular formula is C16H25NO5S. The highest BCUT2D eigenvalue weighted by Gasteiger charge is 2.37. The Morgan fingerprint density at radius 1 is 1.13 bits per heavy atom. The number of nitrogens with one attached hydrogen (secondary N) is 1. The zero-order valence-corrected chi connectivity index (χ0v) is 15.2. The van der Waals surface area contributed by atoms with Crippen molar-refractivity contribution in [2.75, 3.05) is 7.11 Å². The van der Waals surface area contributed by atoms with Gasteiger partial charge in [-0.3, -0.25) is 9.63 Å². The monoisotopic (exact) mass is 343 g/mol. The van der Waals surface area contributed by atoms with Crippen LogP contribution in [0.2, 0.25) is 0 Å². The van der Waals surface area contributed by atoms with Gasteiger partial charge in [0.1, 0.15) is 11.0 Å². The third-order valence-electron chi connectivity index (χ3n) is 3.04. The largest absolute Gasteiger partial charge is 0.497 e. The van der Waals surface area contributed by atoms with Crippen LogP contribution < -0.4 is 10.2 Å². The van der Waals surface area contributed by atoms with Gasteiger partial charge in [-0.1, -0.05) is 13.8 Å². The maximum absolute atomic E-state index is 12.8. The second-order valence-electron chi connectivity index (χ2n) is 6.57. The Kier molecular flexibility index (Phi) is 6.18. The van der Waals surface area contributed by atoms with E-state index in [2.05, 4.69) is 5.48 Å². The fraction of sp³-hybridized carbons (Fsp3) is 0.562. The van der Waals surface area contributed by atoms with Crippen LogP contribution in [0.3, 0.4) is 0 Å². The average molecular weight is 343 g/mol. The lowest BCUT2D eigenvalue weighted by atomic mass is 10.1. The van der Waals surface area contributed by atoms with Gasteiger partial charge in [0.05, 0.1) is 17.6 Å². The summed E-state index contributed by atoms with van der Waals surface area (Å²) >= 11 is 0. The molecule has 0 bridgehead atoms. The van der Waals surface area contributed by atoms with Crippen LogP contribution in [0.4, 0.5) is 0 Å². The Labute approximate surface area is 138 Å². The average Bonchev–Trinajstić information content (AvgIpc) is 2.44. The summed E-state index contributed by atoms with van der Waals surface area (Å²) in [7, 11) is -2.34. The van der Waals surface area contributed by atoms with Crippen molar-refractivity contribution in [1.29, 1.82) is 0 Å². The predicted molar refractivity (Wildman–Crippen MR) is 87.8 cm³/mol.